The highest BCUT2D eigenvalue weighted by Gasteiger charge is 2.10. The van der Waals surface area contributed by atoms with Crippen molar-refractivity contribution >= 4 is 23.5 Å². The zero-order valence-corrected chi connectivity index (χ0v) is 19.7. The summed E-state index contributed by atoms with van der Waals surface area (Å²) in [5.74, 6) is 0.0626. The van der Waals surface area contributed by atoms with Crippen molar-refractivity contribution in [1.82, 2.24) is 5.32 Å². The summed E-state index contributed by atoms with van der Waals surface area (Å²) in [5.41, 5.74) is 5.01. The fourth-order valence-electron chi connectivity index (χ4n) is 3.34. The van der Waals surface area contributed by atoms with Gasteiger partial charge in [0.05, 0.1) is 0 Å². The number of nitrogens with one attached hydrogen (secondary N) is 2. The van der Waals surface area contributed by atoms with Crippen LogP contribution in [0.15, 0.2) is 60.7 Å². The maximum atomic E-state index is 12.4. The van der Waals surface area contributed by atoms with Crippen molar-refractivity contribution in [2.75, 3.05) is 11.9 Å². The molecule has 7 heteroatoms. The van der Waals surface area contributed by atoms with Crippen molar-refractivity contribution in [3.05, 3.63) is 88.5 Å². The van der Waals surface area contributed by atoms with Gasteiger partial charge in [-0.2, -0.15) is 0 Å². The summed E-state index contributed by atoms with van der Waals surface area (Å²) in [6.07, 6.45) is 0. The second-order valence-electron chi connectivity index (χ2n) is 7.99. The van der Waals surface area contributed by atoms with E-state index in [-0.39, 0.29) is 18.4 Å². The van der Waals surface area contributed by atoms with E-state index in [1.54, 1.807) is 30.3 Å². The average molecular weight is 461 g/mol. The number of rotatable bonds is 8. The quantitative estimate of drug-likeness (QED) is 0.382. The van der Waals surface area contributed by atoms with Gasteiger partial charge in [0.1, 0.15) is 11.5 Å². The van der Waals surface area contributed by atoms with Crippen molar-refractivity contribution in [2.45, 2.75) is 34.2 Å². The zero-order chi connectivity index (χ0) is 24.7. The number of amides is 2. The molecule has 2 amide bonds. The van der Waals surface area contributed by atoms with Crippen molar-refractivity contribution in [3.63, 3.8) is 0 Å². The summed E-state index contributed by atoms with van der Waals surface area (Å²) < 4.78 is 10.8. The minimum Gasteiger partial charge on any atom is -0.483 e. The van der Waals surface area contributed by atoms with Crippen LogP contribution in [0.1, 0.15) is 39.5 Å². The topological polar surface area (TPSA) is 93.7 Å². The van der Waals surface area contributed by atoms with Gasteiger partial charge in [-0.15, -0.1) is 0 Å². The van der Waals surface area contributed by atoms with Crippen LogP contribution in [-0.4, -0.2) is 24.4 Å². The van der Waals surface area contributed by atoms with Gasteiger partial charge in [0.2, 0.25) is 0 Å². The summed E-state index contributed by atoms with van der Waals surface area (Å²) >= 11 is 0. The SMILES string of the molecule is CC(=O)Oc1cccc(C(=O)NCc2ccc(NC(=O)COc3c(C)ccc(C)c3C)cc2)c1. The van der Waals surface area contributed by atoms with Gasteiger partial charge < -0.3 is 20.1 Å². The van der Waals surface area contributed by atoms with Crippen LogP contribution in [0.5, 0.6) is 11.5 Å². The smallest absolute Gasteiger partial charge is 0.308 e. The molecule has 0 spiro atoms. The first-order valence-corrected chi connectivity index (χ1v) is 10.9. The Hall–Kier alpha value is -4.13. The molecule has 3 rings (SSSR count). The molecule has 7 nitrogen and oxygen atoms in total. The number of ether oxygens (including phenoxy) is 2. The van der Waals surface area contributed by atoms with Gasteiger partial charge in [0.15, 0.2) is 6.61 Å². The summed E-state index contributed by atoms with van der Waals surface area (Å²) in [6.45, 7) is 7.45. The van der Waals surface area contributed by atoms with Gasteiger partial charge in [-0.3, -0.25) is 14.4 Å². The van der Waals surface area contributed by atoms with E-state index in [1.165, 1.54) is 13.0 Å². The van der Waals surface area contributed by atoms with Gasteiger partial charge in [-0.1, -0.05) is 30.3 Å². The number of aryl methyl sites for hydroxylation is 2. The number of benzene rings is 3. The Kier molecular flexibility index (Phi) is 8.03. The molecular formula is C27H28N2O5. The Morgan fingerprint density at radius 2 is 1.59 bits per heavy atom. The highest BCUT2D eigenvalue weighted by molar-refractivity contribution is 5.94. The molecular weight excluding hydrogens is 432 g/mol. The molecule has 0 aliphatic rings. The van der Waals surface area contributed by atoms with E-state index in [0.717, 1.165) is 28.0 Å². The lowest BCUT2D eigenvalue weighted by Crippen LogP contribution is -2.23. The van der Waals surface area contributed by atoms with Crippen molar-refractivity contribution in [1.29, 1.82) is 0 Å². The molecule has 0 bridgehead atoms. The van der Waals surface area contributed by atoms with Gasteiger partial charge in [-0.05, 0) is 73.4 Å². The number of hydrogen-bond acceptors (Lipinski definition) is 5. The van der Waals surface area contributed by atoms with Crippen LogP contribution in [0.4, 0.5) is 5.69 Å². The maximum Gasteiger partial charge on any atom is 0.308 e. The van der Waals surface area contributed by atoms with E-state index in [0.29, 0.717) is 23.5 Å². The van der Waals surface area contributed by atoms with Gasteiger partial charge >= 0.3 is 5.97 Å². The molecule has 0 radical (unpaired) electrons. The predicted molar refractivity (Wildman–Crippen MR) is 130 cm³/mol. The number of carbonyl (C=O) groups is 3. The normalized spacial score (nSPS) is 10.4. The molecule has 3 aromatic carbocycles. The largest absolute Gasteiger partial charge is 0.483 e. The lowest BCUT2D eigenvalue weighted by Gasteiger charge is -2.14. The average Bonchev–Trinajstić information content (AvgIpc) is 2.80. The van der Waals surface area contributed by atoms with Crippen LogP contribution in [0.25, 0.3) is 0 Å². The lowest BCUT2D eigenvalue weighted by molar-refractivity contribution is -0.131. The molecule has 0 heterocycles. The third-order valence-corrected chi connectivity index (χ3v) is 5.27. The summed E-state index contributed by atoms with van der Waals surface area (Å²) in [6, 6.07) is 17.6. The predicted octanol–water partition coefficient (Wildman–Crippen LogP) is 4.48. The molecule has 176 valence electrons. The molecule has 0 saturated carbocycles. The highest BCUT2D eigenvalue weighted by atomic mass is 16.5. The Balaban J connectivity index is 1.50. The lowest BCUT2D eigenvalue weighted by atomic mass is 10.1. The second-order valence-corrected chi connectivity index (χ2v) is 7.99. The molecule has 34 heavy (non-hydrogen) atoms. The summed E-state index contributed by atoms with van der Waals surface area (Å²) in [5, 5.41) is 5.64. The van der Waals surface area contributed by atoms with Crippen molar-refractivity contribution in [3.8, 4) is 11.5 Å². The zero-order valence-electron chi connectivity index (χ0n) is 19.7. The molecule has 0 unspecified atom stereocenters. The molecule has 0 fully saturated rings. The number of carbonyl (C=O) groups excluding carboxylic acids is 3. The minimum atomic E-state index is -0.448. The Bertz CT molecular complexity index is 1200. The standard InChI is InChI=1S/C27H28N2O5/c1-17-8-9-18(2)26(19(17)3)33-16-25(31)29-23-12-10-21(11-13-23)15-28-27(32)22-6-5-7-24(14-22)34-20(4)30/h5-14H,15-16H2,1-4H3,(H,28,32)(H,29,31). The number of anilines is 1. The van der Waals surface area contributed by atoms with Crippen LogP contribution in [-0.2, 0) is 16.1 Å². The number of hydrogen-bond donors (Lipinski definition) is 2. The Morgan fingerprint density at radius 1 is 0.882 bits per heavy atom. The van der Waals surface area contributed by atoms with Crippen LogP contribution >= 0.6 is 0 Å². The Morgan fingerprint density at radius 3 is 2.29 bits per heavy atom. The van der Waals surface area contributed by atoms with Crippen molar-refractivity contribution < 1.29 is 23.9 Å². The van der Waals surface area contributed by atoms with Gasteiger partial charge in [-0.25, -0.2) is 0 Å². The van der Waals surface area contributed by atoms with E-state index in [9.17, 15) is 14.4 Å². The maximum absolute atomic E-state index is 12.4. The molecule has 0 saturated heterocycles. The molecule has 3 aromatic rings. The van der Waals surface area contributed by atoms with Crippen LogP contribution in [0, 0.1) is 20.8 Å². The molecule has 2 N–H and O–H groups in total. The van der Waals surface area contributed by atoms with Crippen LogP contribution < -0.4 is 20.1 Å². The number of esters is 1. The molecule has 0 atom stereocenters. The first kappa shape index (κ1) is 24.5. The molecule has 0 aliphatic carbocycles. The first-order valence-electron chi connectivity index (χ1n) is 10.9. The van der Waals surface area contributed by atoms with Gasteiger partial charge in [0, 0.05) is 24.7 Å². The third-order valence-electron chi connectivity index (χ3n) is 5.27. The fourth-order valence-corrected chi connectivity index (χ4v) is 3.34. The van der Waals surface area contributed by atoms with Crippen LogP contribution in [0.3, 0.4) is 0 Å². The van der Waals surface area contributed by atoms with Gasteiger partial charge in [0.25, 0.3) is 11.8 Å². The Labute approximate surface area is 199 Å². The summed E-state index contributed by atoms with van der Waals surface area (Å²) in [7, 11) is 0. The van der Waals surface area contributed by atoms with Crippen molar-refractivity contribution in [2.24, 2.45) is 0 Å². The highest BCUT2D eigenvalue weighted by Crippen LogP contribution is 2.25. The van der Waals surface area contributed by atoms with E-state index < -0.39 is 5.97 Å². The van der Waals surface area contributed by atoms with E-state index in [2.05, 4.69) is 10.6 Å². The van der Waals surface area contributed by atoms with E-state index >= 15 is 0 Å². The van der Waals surface area contributed by atoms with E-state index in [1.807, 2.05) is 45.0 Å². The first-order chi connectivity index (χ1) is 16.2. The van der Waals surface area contributed by atoms with E-state index in [4.69, 9.17) is 9.47 Å². The third kappa shape index (κ3) is 6.68. The molecule has 0 aromatic heterocycles. The minimum absolute atomic E-state index is 0.0879. The monoisotopic (exact) mass is 460 g/mol. The molecule has 0 aliphatic heterocycles. The van der Waals surface area contributed by atoms with Crippen LogP contribution in [0.2, 0.25) is 0 Å². The second kappa shape index (κ2) is 11.1. The fraction of sp³-hybridized carbons (Fsp3) is 0.222. The summed E-state index contributed by atoms with van der Waals surface area (Å²) in [4.78, 5) is 35.8.